The van der Waals surface area contributed by atoms with Gasteiger partial charge in [0, 0.05) is 11.1 Å². The van der Waals surface area contributed by atoms with Crippen molar-refractivity contribution in [1.29, 1.82) is 0 Å². The Balaban J connectivity index is 2.08. The molecule has 0 radical (unpaired) electrons. The molecule has 0 fully saturated rings. The van der Waals surface area contributed by atoms with Crippen molar-refractivity contribution in [3.63, 3.8) is 0 Å². The van der Waals surface area contributed by atoms with Gasteiger partial charge in [-0.15, -0.1) is 0 Å². The van der Waals surface area contributed by atoms with Crippen LogP contribution < -0.4 is 5.32 Å². The average molecular weight is 282 g/mol. The Bertz CT molecular complexity index is 777. The summed E-state index contributed by atoms with van der Waals surface area (Å²) in [5.74, 6) is 0. The number of carbonyl (C=O) groups is 1. The van der Waals surface area contributed by atoms with Crippen LogP contribution in [0.25, 0.3) is 10.8 Å². The lowest BCUT2D eigenvalue weighted by molar-refractivity contribution is 0.108. The van der Waals surface area contributed by atoms with Gasteiger partial charge in [0.1, 0.15) is 0 Å². The normalized spacial score (nSPS) is 10.4. The van der Waals surface area contributed by atoms with Gasteiger partial charge in [-0.3, -0.25) is 4.79 Å². The first-order valence-electron chi connectivity index (χ1n) is 6.29. The third-order valence-corrected chi connectivity index (χ3v) is 3.40. The van der Waals surface area contributed by atoms with Crippen LogP contribution in [0.5, 0.6) is 0 Å². The molecule has 3 aromatic rings. The van der Waals surface area contributed by atoms with Crippen LogP contribution in [0.1, 0.15) is 10.4 Å². The fraction of sp³-hybridized carbons (Fsp3) is 0. The molecule has 0 heterocycles. The summed E-state index contributed by atoms with van der Waals surface area (Å²) in [5.41, 5.74) is 2.14. The monoisotopic (exact) mass is 281 g/mol. The van der Waals surface area contributed by atoms with Gasteiger partial charge in [-0.25, -0.2) is 0 Å². The zero-order valence-electron chi connectivity index (χ0n) is 10.6. The van der Waals surface area contributed by atoms with Gasteiger partial charge in [0.2, 0.25) is 0 Å². The van der Waals surface area contributed by atoms with E-state index in [9.17, 15) is 4.79 Å². The highest BCUT2D eigenvalue weighted by molar-refractivity contribution is 6.68. The highest BCUT2D eigenvalue weighted by atomic mass is 35.5. The number of benzene rings is 3. The molecule has 0 aliphatic carbocycles. The first-order valence-corrected chi connectivity index (χ1v) is 6.67. The number of para-hydroxylation sites is 1. The van der Waals surface area contributed by atoms with Gasteiger partial charge in [-0.05, 0) is 35.2 Å². The molecule has 3 heteroatoms. The van der Waals surface area contributed by atoms with Crippen LogP contribution in [0, 0.1) is 0 Å². The maximum Gasteiger partial charge on any atom is 0.254 e. The summed E-state index contributed by atoms with van der Waals surface area (Å²) in [6.07, 6.45) is 0. The second kappa shape index (κ2) is 5.35. The molecule has 1 N–H and O–H groups in total. The number of anilines is 2. The molecule has 0 saturated heterocycles. The molecule has 0 aliphatic rings. The molecule has 0 amide bonds. The maximum absolute atomic E-state index is 11.4. The molecule has 3 aromatic carbocycles. The Morgan fingerprint density at radius 1 is 0.800 bits per heavy atom. The number of halogens is 1. The predicted molar refractivity (Wildman–Crippen MR) is 83.9 cm³/mol. The minimum absolute atomic E-state index is 0.465. The molecule has 0 aliphatic heterocycles. The van der Waals surface area contributed by atoms with Crippen molar-refractivity contribution < 1.29 is 4.79 Å². The minimum atomic E-state index is -0.465. The lowest BCUT2D eigenvalue weighted by Gasteiger charge is -2.12. The van der Waals surface area contributed by atoms with Crippen LogP contribution in [0.3, 0.4) is 0 Å². The fourth-order valence-corrected chi connectivity index (χ4v) is 2.41. The summed E-state index contributed by atoms with van der Waals surface area (Å²) in [5, 5.41) is 5.08. The number of hydrogen-bond acceptors (Lipinski definition) is 2. The van der Waals surface area contributed by atoms with Gasteiger partial charge in [0.25, 0.3) is 5.24 Å². The summed E-state index contributed by atoms with van der Waals surface area (Å²) in [6.45, 7) is 0. The van der Waals surface area contributed by atoms with Gasteiger partial charge in [0.15, 0.2) is 0 Å². The molecule has 0 bridgehead atoms. The molecule has 0 spiro atoms. The van der Waals surface area contributed by atoms with Crippen LogP contribution >= 0.6 is 11.6 Å². The molecule has 0 saturated carbocycles. The van der Waals surface area contributed by atoms with E-state index in [2.05, 4.69) is 17.4 Å². The van der Waals surface area contributed by atoms with E-state index in [0.29, 0.717) is 11.3 Å². The van der Waals surface area contributed by atoms with E-state index in [1.54, 1.807) is 12.1 Å². The van der Waals surface area contributed by atoms with Crippen molar-refractivity contribution in [2.45, 2.75) is 0 Å². The number of carbonyl (C=O) groups excluding carboxylic acids is 1. The Hall–Kier alpha value is -2.32. The SMILES string of the molecule is O=C(Cl)c1ccccc1Nc1cccc2ccccc12. The van der Waals surface area contributed by atoms with Gasteiger partial charge in [-0.1, -0.05) is 48.5 Å². The molecular weight excluding hydrogens is 270 g/mol. The van der Waals surface area contributed by atoms with Crippen LogP contribution in [0.15, 0.2) is 66.7 Å². The van der Waals surface area contributed by atoms with Crippen LogP contribution in [0.2, 0.25) is 0 Å². The largest absolute Gasteiger partial charge is 0.354 e. The van der Waals surface area contributed by atoms with Gasteiger partial charge in [0.05, 0.1) is 11.3 Å². The smallest absolute Gasteiger partial charge is 0.254 e. The third kappa shape index (κ3) is 2.38. The summed E-state index contributed by atoms with van der Waals surface area (Å²) >= 11 is 5.61. The second-order valence-corrected chi connectivity index (χ2v) is 4.81. The standard InChI is InChI=1S/C17H12ClNO/c18-17(20)14-9-3-4-10-16(14)19-15-11-5-7-12-6-1-2-8-13(12)15/h1-11,19H. The van der Waals surface area contributed by atoms with Gasteiger partial charge < -0.3 is 5.32 Å². The molecule has 0 aromatic heterocycles. The summed E-state index contributed by atoms with van der Waals surface area (Å²) in [7, 11) is 0. The van der Waals surface area contributed by atoms with Crippen molar-refractivity contribution >= 4 is 39.0 Å². The Labute approximate surface area is 122 Å². The first kappa shape index (κ1) is 12.7. The molecule has 20 heavy (non-hydrogen) atoms. The molecule has 2 nitrogen and oxygen atoms in total. The topological polar surface area (TPSA) is 29.1 Å². The summed E-state index contributed by atoms with van der Waals surface area (Å²) in [4.78, 5) is 11.4. The Kier molecular flexibility index (Phi) is 3.40. The molecule has 0 atom stereocenters. The van der Waals surface area contributed by atoms with E-state index in [4.69, 9.17) is 11.6 Å². The maximum atomic E-state index is 11.4. The number of fused-ring (bicyclic) bond motifs is 1. The van der Waals surface area contributed by atoms with Crippen molar-refractivity contribution in [1.82, 2.24) is 0 Å². The zero-order chi connectivity index (χ0) is 13.9. The molecule has 0 unspecified atom stereocenters. The van der Waals surface area contributed by atoms with Crippen molar-refractivity contribution in [3.8, 4) is 0 Å². The number of hydrogen-bond donors (Lipinski definition) is 1. The molecule has 98 valence electrons. The summed E-state index contributed by atoms with van der Waals surface area (Å²) in [6, 6.07) is 21.3. The van der Waals surface area contributed by atoms with Gasteiger partial charge >= 0.3 is 0 Å². The summed E-state index contributed by atoms with van der Waals surface area (Å²) < 4.78 is 0. The lowest BCUT2D eigenvalue weighted by atomic mass is 10.1. The van der Waals surface area contributed by atoms with Crippen molar-refractivity contribution in [2.24, 2.45) is 0 Å². The Morgan fingerprint density at radius 2 is 1.45 bits per heavy atom. The fourth-order valence-electron chi connectivity index (χ4n) is 2.24. The molecule has 3 rings (SSSR count). The van der Waals surface area contributed by atoms with Crippen LogP contribution in [-0.4, -0.2) is 5.24 Å². The third-order valence-electron chi connectivity index (χ3n) is 3.20. The van der Waals surface area contributed by atoms with E-state index in [0.717, 1.165) is 16.5 Å². The minimum Gasteiger partial charge on any atom is -0.354 e. The highest BCUT2D eigenvalue weighted by Crippen LogP contribution is 2.28. The van der Waals surface area contributed by atoms with Crippen LogP contribution in [0.4, 0.5) is 11.4 Å². The van der Waals surface area contributed by atoms with E-state index < -0.39 is 5.24 Å². The Morgan fingerprint density at radius 3 is 2.30 bits per heavy atom. The quantitative estimate of drug-likeness (QED) is 0.687. The van der Waals surface area contributed by atoms with Crippen molar-refractivity contribution in [2.75, 3.05) is 5.32 Å². The van der Waals surface area contributed by atoms with Crippen molar-refractivity contribution in [3.05, 3.63) is 72.3 Å². The lowest BCUT2D eigenvalue weighted by Crippen LogP contribution is -1.98. The zero-order valence-corrected chi connectivity index (χ0v) is 11.4. The van der Waals surface area contributed by atoms with E-state index in [1.165, 1.54) is 0 Å². The second-order valence-electron chi connectivity index (χ2n) is 4.47. The van der Waals surface area contributed by atoms with E-state index in [-0.39, 0.29) is 0 Å². The predicted octanol–water partition coefficient (Wildman–Crippen LogP) is 4.96. The molecular formula is C17H12ClNO. The average Bonchev–Trinajstić information content (AvgIpc) is 2.48. The van der Waals surface area contributed by atoms with E-state index in [1.807, 2.05) is 42.5 Å². The number of nitrogens with one attached hydrogen (secondary N) is 1. The number of rotatable bonds is 3. The van der Waals surface area contributed by atoms with E-state index >= 15 is 0 Å². The van der Waals surface area contributed by atoms with Crippen LogP contribution in [-0.2, 0) is 0 Å². The van der Waals surface area contributed by atoms with Gasteiger partial charge in [-0.2, -0.15) is 0 Å². The first-order chi connectivity index (χ1) is 9.75. The highest BCUT2D eigenvalue weighted by Gasteiger charge is 2.09.